The standard InChI is InChI=1S/C12H15ClN2O3/c1-18-11(16)10-4-2-9(3-5-10)8-15-12(17)14-7-6-13/h2-5H,6-8H2,1H3,(H2,14,15,17). The van der Waals surface area contributed by atoms with Gasteiger partial charge in [-0.15, -0.1) is 11.6 Å². The number of alkyl halides is 1. The average molecular weight is 271 g/mol. The number of amides is 2. The van der Waals surface area contributed by atoms with Crippen LogP contribution in [0.3, 0.4) is 0 Å². The summed E-state index contributed by atoms with van der Waals surface area (Å²) in [5, 5.41) is 5.26. The fourth-order valence-electron chi connectivity index (χ4n) is 1.28. The van der Waals surface area contributed by atoms with Gasteiger partial charge < -0.3 is 15.4 Å². The van der Waals surface area contributed by atoms with Crippen LogP contribution in [0.5, 0.6) is 0 Å². The molecule has 0 bridgehead atoms. The van der Waals surface area contributed by atoms with Gasteiger partial charge in [0.25, 0.3) is 0 Å². The topological polar surface area (TPSA) is 67.4 Å². The Kier molecular flexibility index (Phi) is 6.00. The molecule has 2 N–H and O–H groups in total. The Bertz CT molecular complexity index is 406. The van der Waals surface area contributed by atoms with Crippen molar-refractivity contribution in [2.75, 3.05) is 19.5 Å². The lowest BCUT2D eigenvalue weighted by Crippen LogP contribution is -2.36. The number of methoxy groups -OCH3 is 1. The molecule has 1 rings (SSSR count). The van der Waals surface area contributed by atoms with Crippen molar-refractivity contribution in [3.05, 3.63) is 35.4 Å². The Morgan fingerprint density at radius 3 is 2.44 bits per heavy atom. The van der Waals surface area contributed by atoms with E-state index >= 15 is 0 Å². The number of hydrogen-bond acceptors (Lipinski definition) is 3. The number of carbonyl (C=O) groups is 2. The molecule has 6 heteroatoms. The molecule has 0 radical (unpaired) electrons. The molecule has 2 amide bonds. The molecule has 0 saturated heterocycles. The molecule has 0 aliphatic rings. The molecule has 0 aliphatic carbocycles. The number of rotatable bonds is 5. The number of nitrogens with one attached hydrogen (secondary N) is 2. The summed E-state index contributed by atoms with van der Waals surface area (Å²) in [4.78, 5) is 22.4. The fourth-order valence-corrected chi connectivity index (χ4v) is 1.38. The maximum atomic E-state index is 11.2. The van der Waals surface area contributed by atoms with Crippen LogP contribution in [0.25, 0.3) is 0 Å². The van der Waals surface area contributed by atoms with E-state index < -0.39 is 0 Å². The summed E-state index contributed by atoms with van der Waals surface area (Å²) in [6.07, 6.45) is 0. The second-order valence-corrected chi connectivity index (χ2v) is 3.86. The van der Waals surface area contributed by atoms with E-state index in [1.165, 1.54) is 7.11 Å². The van der Waals surface area contributed by atoms with Crippen LogP contribution < -0.4 is 10.6 Å². The number of ether oxygens (including phenoxy) is 1. The second kappa shape index (κ2) is 7.55. The first-order valence-electron chi connectivity index (χ1n) is 5.42. The zero-order valence-electron chi connectivity index (χ0n) is 10.0. The van der Waals surface area contributed by atoms with Crippen LogP contribution >= 0.6 is 11.6 Å². The number of esters is 1. The predicted octanol–water partition coefficient (Wildman–Crippen LogP) is 1.51. The summed E-state index contributed by atoms with van der Waals surface area (Å²) in [5.74, 6) is -0.00398. The molecule has 98 valence electrons. The highest BCUT2D eigenvalue weighted by atomic mass is 35.5. The van der Waals surface area contributed by atoms with Crippen LogP contribution in [-0.2, 0) is 11.3 Å². The van der Waals surface area contributed by atoms with E-state index in [4.69, 9.17) is 11.6 Å². The highest BCUT2D eigenvalue weighted by Crippen LogP contribution is 2.05. The Hall–Kier alpha value is -1.75. The third kappa shape index (κ3) is 4.63. The molecular weight excluding hydrogens is 256 g/mol. The first kappa shape index (κ1) is 14.3. The summed E-state index contributed by atoms with van der Waals surface area (Å²) in [6, 6.07) is 6.55. The fraction of sp³-hybridized carbons (Fsp3) is 0.333. The van der Waals surface area contributed by atoms with E-state index in [0.29, 0.717) is 24.5 Å². The van der Waals surface area contributed by atoms with E-state index in [2.05, 4.69) is 15.4 Å². The van der Waals surface area contributed by atoms with Crippen LogP contribution in [0.4, 0.5) is 4.79 Å². The lowest BCUT2D eigenvalue weighted by Gasteiger charge is -2.06. The van der Waals surface area contributed by atoms with Crippen LogP contribution in [0.1, 0.15) is 15.9 Å². The summed E-state index contributed by atoms with van der Waals surface area (Å²) in [6.45, 7) is 0.810. The minimum Gasteiger partial charge on any atom is -0.465 e. The number of urea groups is 1. The molecule has 5 nitrogen and oxygen atoms in total. The smallest absolute Gasteiger partial charge is 0.337 e. The largest absolute Gasteiger partial charge is 0.465 e. The summed E-state index contributed by atoms with van der Waals surface area (Å²) in [7, 11) is 1.33. The zero-order chi connectivity index (χ0) is 13.4. The van der Waals surface area contributed by atoms with Crippen molar-refractivity contribution in [1.29, 1.82) is 0 Å². The molecule has 0 fully saturated rings. The third-order valence-corrected chi connectivity index (χ3v) is 2.40. The molecule has 1 aromatic carbocycles. The Labute approximate surface area is 110 Å². The van der Waals surface area contributed by atoms with E-state index in [-0.39, 0.29) is 12.0 Å². The predicted molar refractivity (Wildman–Crippen MR) is 68.7 cm³/mol. The Morgan fingerprint density at radius 1 is 1.22 bits per heavy atom. The Morgan fingerprint density at radius 2 is 1.89 bits per heavy atom. The molecule has 0 spiro atoms. The van der Waals surface area contributed by atoms with Gasteiger partial charge >= 0.3 is 12.0 Å². The van der Waals surface area contributed by atoms with Gasteiger partial charge in [-0.1, -0.05) is 12.1 Å². The maximum Gasteiger partial charge on any atom is 0.337 e. The van der Waals surface area contributed by atoms with E-state index in [1.807, 2.05) is 0 Å². The Balaban J connectivity index is 2.44. The van der Waals surface area contributed by atoms with Gasteiger partial charge in [-0.05, 0) is 17.7 Å². The minimum atomic E-state index is -0.380. The summed E-state index contributed by atoms with van der Waals surface area (Å²) < 4.78 is 4.59. The van der Waals surface area contributed by atoms with Crippen LogP contribution in [-0.4, -0.2) is 31.5 Å². The first-order chi connectivity index (χ1) is 8.67. The lowest BCUT2D eigenvalue weighted by molar-refractivity contribution is 0.0600. The SMILES string of the molecule is COC(=O)c1ccc(CNC(=O)NCCCl)cc1. The molecule has 0 heterocycles. The van der Waals surface area contributed by atoms with E-state index in [9.17, 15) is 9.59 Å². The number of benzene rings is 1. The normalized spacial score (nSPS) is 9.67. The van der Waals surface area contributed by atoms with Gasteiger partial charge in [0, 0.05) is 19.0 Å². The van der Waals surface area contributed by atoms with Crippen molar-refractivity contribution in [3.8, 4) is 0 Å². The van der Waals surface area contributed by atoms with Crippen molar-refractivity contribution in [2.45, 2.75) is 6.54 Å². The molecule has 1 aromatic rings. The molecule has 0 aromatic heterocycles. The van der Waals surface area contributed by atoms with Crippen molar-refractivity contribution in [1.82, 2.24) is 10.6 Å². The molecule has 0 saturated carbocycles. The minimum absolute atomic E-state index is 0.271. The quantitative estimate of drug-likeness (QED) is 0.630. The maximum absolute atomic E-state index is 11.2. The first-order valence-corrected chi connectivity index (χ1v) is 5.95. The highest BCUT2D eigenvalue weighted by Gasteiger charge is 2.04. The second-order valence-electron chi connectivity index (χ2n) is 3.49. The van der Waals surface area contributed by atoms with E-state index in [1.54, 1.807) is 24.3 Å². The average Bonchev–Trinajstić information content (AvgIpc) is 2.42. The van der Waals surface area contributed by atoms with Gasteiger partial charge in [0.2, 0.25) is 0 Å². The van der Waals surface area contributed by atoms with Crippen LogP contribution in [0.2, 0.25) is 0 Å². The third-order valence-electron chi connectivity index (χ3n) is 2.21. The van der Waals surface area contributed by atoms with Crippen molar-refractivity contribution in [2.24, 2.45) is 0 Å². The van der Waals surface area contributed by atoms with E-state index in [0.717, 1.165) is 5.56 Å². The van der Waals surface area contributed by atoms with Gasteiger partial charge in [0.05, 0.1) is 12.7 Å². The van der Waals surface area contributed by atoms with Crippen molar-refractivity contribution < 1.29 is 14.3 Å². The monoisotopic (exact) mass is 270 g/mol. The number of hydrogen-bond donors (Lipinski definition) is 2. The van der Waals surface area contributed by atoms with Gasteiger partial charge in [-0.2, -0.15) is 0 Å². The van der Waals surface area contributed by atoms with Crippen LogP contribution in [0, 0.1) is 0 Å². The van der Waals surface area contributed by atoms with Gasteiger partial charge in [0.15, 0.2) is 0 Å². The molecule has 18 heavy (non-hydrogen) atoms. The highest BCUT2D eigenvalue weighted by molar-refractivity contribution is 6.18. The van der Waals surface area contributed by atoms with Gasteiger partial charge in [-0.3, -0.25) is 0 Å². The summed E-state index contributed by atoms with van der Waals surface area (Å²) >= 11 is 5.44. The molecule has 0 atom stereocenters. The molecular formula is C12H15ClN2O3. The molecule has 0 unspecified atom stereocenters. The summed E-state index contributed by atoms with van der Waals surface area (Å²) in [5.41, 5.74) is 1.37. The van der Waals surface area contributed by atoms with Crippen molar-refractivity contribution in [3.63, 3.8) is 0 Å². The van der Waals surface area contributed by atoms with Crippen molar-refractivity contribution >= 4 is 23.6 Å². The van der Waals surface area contributed by atoms with Crippen LogP contribution in [0.15, 0.2) is 24.3 Å². The number of halogens is 1. The number of carbonyl (C=O) groups excluding carboxylic acids is 2. The molecule has 0 aliphatic heterocycles. The lowest BCUT2D eigenvalue weighted by atomic mass is 10.1. The zero-order valence-corrected chi connectivity index (χ0v) is 10.8. The van der Waals surface area contributed by atoms with Gasteiger partial charge in [-0.25, -0.2) is 9.59 Å². The van der Waals surface area contributed by atoms with Gasteiger partial charge in [0.1, 0.15) is 0 Å².